The summed E-state index contributed by atoms with van der Waals surface area (Å²) in [5.41, 5.74) is 6.38. The van der Waals surface area contributed by atoms with E-state index in [0.717, 1.165) is 76.9 Å². The highest BCUT2D eigenvalue weighted by Gasteiger charge is 2.29. The second-order valence-corrected chi connectivity index (χ2v) is 10.2. The fraction of sp³-hybridized carbons (Fsp3) is 0.400. The predicted molar refractivity (Wildman–Crippen MR) is 151 cm³/mol. The molecule has 2 aromatic heterocycles. The first-order chi connectivity index (χ1) is 18.6. The molecule has 0 atom stereocenters. The lowest BCUT2D eigenvalue weighted by Gasteiger charge is -2.43. The Balaban J connectivity index is 1.28. The monoisotopic (exact) mass is 511 g/mol. The third-order valence-electron chi connectivity index (χ3n) is 8.02. The minimum absolute atomic E-state index is 0.695. The largest absolute Gasteiger partial charge is 0.494 e. The van der Waals surface area contributed by atoms with Crippen molar-refractivity contribution in [2.45, 2.75) is 18.9 Å². The van der Waals surface area contributed by atoms with Gasteiger partial charge in [0.25, 0.3) is 0 Å². The van der Waals surface area contributed by atoms with E-state index >= 15 is 0 Å². The summed E-state index contributed by atoms with van der Waals surface area (Å²) in [6, 6.07) is 15.8. The minimum atomic E-state index is 0.695. The Morgan fingerprint density at radius 2 is 1.61 bits per heavy atom. The topological polar surface area (TPSA) is 69.8 Å². The van der Waals surface area contributed by atoms with Crippen molar-refractivity contribution in [3.8, 4) is 33.9 Å². The summed E-state index contributed by atoms with van der Waals surface area (Å²) < 4.78 is 11.9. The summed E-state index contributed by atoms with van der Waals surface area (Å²) in [5.74, 6) is 1.59. The summed E-state index contributed by atoms with van der Waals surface area (Å²) >= 11 is 0. The first-order valence-electron chi connectivity index (χ1n) is 13.4. The molecule has 6 rings (SSSR count). The van der Waals surface area contributed by atoms with Crippen LogP contribution in [0.2, 0.25) is 0 Å². The number of nitrogens with one attached hydrogen (secondary N) is 1. The summed E-state index contributed by atoms with van der Waals surface area (Å²) in [5, 5.41) is 0. The average Bonchev–Trinajstić information content (AvgIpc) is 3.41. The van der Waals surface area contributed by atoms with Crippen LogP contribution < -0.4 is 14.4 Å². The lowest BCUT2D eigenvalue weighted by Crippen LogP contribution is -2.53. The van der Waals surface area contributed by atoms with E-state index in [1.807, 2.05) is 30.5 Å². The fourth-order valence-corrected chi connectivity index (χ4v) is 5.84. The number of aromatic amines is 1. The normalized spacial score (nSPS) is 17.7. The van der Waals surface area contributed by atoms with Gasteiger partial charge in [0.15, 0.2) is 5.65 Å². The number of anilines is 1. The van der Waals surface area contributed by atoms with Gasteiger partial charge in [0.05, 0.1) is 26.1 Å². The molecule has 1 N–H and O–H groups in total. The smallest absolute Gasteiger partial charge is 0.156 e. The van der Waals surface area contributed by atoms with Gasteiger partial charge < -0.3 is 24.3 Å². The number of nitrogens with zero attached hydrogens (tertiary/aromatic N) is 5. The Labute approximate surface area is 224 Å². The van der Waals surface area contributed by atoms with Crippen LogP contribution in [0.15, 0.2) is 48.8 Å². The van der Waals surface area contributed by atoms with Crippen molar-refractivity contribution in [1.29, 1.82) is 0 Å². The number of benzene rings is 2. The standard InChI is InChI=1S/C30H35N6O2/c1-34-11-9-23(10-12-34)35-13-15-36(16-14-35)29-26(37-2)17-22(18-27(29)38-3)25-20-32-30-28(33-25)24(19-31-30)21-7-5-4-6-8-21/h5-8,17-20,23H,9-16H2,1-3H3,(H,31,32). The number of hydrogen-bond acceptors (Lipinski definition) is 7. The molecule has 38 heavy (non-hydrogen) atoms. The maximum atomic E-state index is 5.93. The number of H-pyrrole nitrogens is 1. The van der Waals surface area contributed by atoms with Gasteiger partial charge in [-0.15, -0.1) is 0 Å². The highest BCUT2D eigenvalue weighted by atomic mass is 16.5. The Hall–Kier alpha value is -3.62. The first kappa shape index (κ1) is 24.7. The molecule has 2 saturated heterocycles. The quantitative estimate of drug-likeness (QED) is 0.413. The van der Waals surface area contributed by atoms with Crippen LogP contribution in [0.25, 0.3) is 33.5 Å². The van der Waals surface area contributed by atoms with E-state index in [1.165, 1.54) is 25.9 Å². The molecule has 8 nitrogen and oxygen atoms in total. The molecule has 4 aromatic rings. The summed E-state index contributed by atoms with van der Waals surface area (Å²) in [6.45, 7) is 6.39. The molecule has 8 heteroatoms. The molecule has 0 aliphatic carbocycles. The van der Waals surface area contributed by atoms with Crippen molar-refractivity contribution in [2.75, 3.05) is 65.4 Å². The third kappa shape index (κ3) is 4.70. The van der Waals surface area contributed by atoms with Crippen molar-refractivity contribution in [3.63, 3.8) is 0 Å². The van der Waals surface area contributed by atoms with Gasteiger partial charge in [0, 0.05) is 49.5 Å². The third-order valence-corrected chi connectivity index (χ3v) is 8.02. The van der Waals surface area contributed by atoms with E-state index < -0.39 is 0 Å². The SMILES string of the molecule is COc1cc(-c2cnc3[nH]cc(-c4cc[c]cc4)c3n2)cc(OC)c1N1CCN(C2CCN(C)CC2)CC1. The van der Waals surface area contributed by atoms with Gasteiger partial charge in [-0.3, -0.25) is 4.90 Å². The zero-order chi connectivity index (χ0) is 26.1. The van der Waals surface area contributed by atoms with Crippen LogP contribution in [0.3, 0.4) is 0 Å². The van der Waals surface area contributed by atoms with Gasteiger partial charge in [-0.1, -0.05) is 24.3 Å². The highest BCUT2D eigenvalue weighted by Crippen LogP contribution is 2.42. The van der Waals surface area contributed by atoms with E-state index in [0.29, 0.717) is 6.04 Å². The second-order valence-electron chi connectivity index (χ2n) is 10.2. The first-order valence-corrected chi connectivity index (χ1v) is 13.4. The number of likely N-dealkylation sites (tertiary alicyclic amines) is 1. The molecule has 2 aromatic carbocycles. The molecule has 4 heterocycles. The number of piperidine rings is 1. The van der Waals surface area contributed by atoms with Crippen molar-refractivity contribution < 1.29 is 9.47 Å². The van der Waals surface area contributed by atoms with Crippen molar-refractivity contribution in [1.82, 2.24) is 24.8 Å². The van der Waals surface area contributed by atoms with Crippen molar-refractivity contribution in [3.05, 3.63) is 54.9 Å². The zero-order valence-electron chi connectivity index (χ0n) is 22.4. The van der Waals surface area contributed by atoms with Crippen molar-refractivity contribution in [2.24, 2.45) is 0 Å². The Kier molecular flexibility index (Phi) is 6.91. The van der Waals surface area contributed by atoms with E-state index in [-0.39, 0.29) is 0 Å². The number of piperazine rings is 1. The van der Waals surface area contributed by atoms with Gasteiger partial charge in [0.1, 0.15) is 22.7 Å². The number of ether oxygens (including phenoxy) is 2. The maximum Gasteiger partial charge on any atom is 0.156 e. The van der Waals surface area contributed by atoms with E-state index in [9.17, 15) is 0 Å². The number of fused-ring (bicyclic) bond motifs is 1. The second kappa shape index (κ2) is 10.6. The summed E-state index contributed by atoms with van der Waals surface area (Å²) in [6.07, 6.45) is 6.28. The van der Waals surface area contributed by atoms with Gasteiger partial charge >= 0.3 is 0 Å². The van der Waals surface area contributed by atoms with E-state index in [2.05, 4.69) is 49.9 Å². The van der Waals surface area contributed by atoms with Gasteiger partial charge in [-0.2, -0.15) is 0 Å². The van der Waals surface area contributed by atoms with Crippen LogP contribution in [0.5, 0.6) is 11.5 Å². The molecule has 2 aliphatic rings. The van der Waals surface area contributed by atoms with Gasteiger partial charge in [0.2, 0.25) is 0 Å². The minimum Gasteiger partial charge on any atom is -0.494 e. The van der Waals surface area contributed by atoms with Crippen LogP contribution >= 0.6 is 0 Å². The van der Waals surface area contributed by atoms with Crippen LogP contribution in [0, 0.1) is 6.07 Å². The lowest BCUT2D eigenvalue weighted by molar-refractivity contribution is 0.115. The number of aromatic nitrogens is 3. The molecular weight excluding hydrogens is 476 g/mol. The maximum absolute atomic E-state index is 5.93. The van der Waals surface area contributed by atoms with Gasteiger partial charge in [-0.25, -0.2) is 9.97 Å². The summed E-state index contributed by atoms with van der Waals surface area (Å²) in [4.78, 5) is 20.4. The van der Waals surface area contributed by atoms with E-state index in [4.69, 9.17) is 14.5 Å². The van der Waals surface area contributed by atoms with Crippen LogP contribution in [-0.2, 0) is 0 Å². The van der Waals surface area contributed by atoms with Crippen LogP contribution in [0.1, 0.15) is 12.8 Å². The van der Waals surface area contributed by atoms with Crippen molar-refractivity contribution >= 4 is 16.9 Å². The van der Waals surface area contributed by atoms with E-state index in [1.54, 1.807) is 20.4 Å². The predicted octanol–water partition coefficient (Wildman–Crippen LogP) is 4.33. The molecule has 0 spiro atoms. The Morgan fingerprint density at radius 1 is 0.921 bits per heavy atom. The molecule has 1 radical (unpaired) electrons. The molecule has 2 fully saturated rings. The number of hydrogen-bond donors (Lipinski definition) is 1. The Morgan fingerprint density at radius 3 is 2.26 bits per heavy atom. The average molecular weight is 512 g/mol. The fourth-order valence-electron chi connectivity index (χ4n) is 5.84. The van der Waals surface area contributed by atoms with Crippen LogP contribution in [0.4, 0.5) is 5.69 Å². The molecule has 2 aliphatic heterocycles. The Bertz CT molecular complexity index is 1360. The molecule has 0 bridgehead atoms. The number of methoxy groups -OCH3 is 2. The van der Waals surface area contributed by atoms with Gasteiger partial charge in [-0.05, 0) is 56.7 Å². The zero-order valence-corrected chi connectivity index (χ0v) is 22.4. The van der Waals surface area contributed by atoms with Crippen LogP contribution in [-0.4, -0.2) is 91.3 Å². The number of rotatable bonds is 6. The molecule has 0 unspecified atom stereocenters. The summed E-state index contributed by atoms with van der Waals surface area (Å²) in [7, 11) is 5.67. The molecular formula is C30H35N6O2. The highest BCUT2D eigenvalue weighted by molar-refractivity contribution is 5.91. The molecule has 0 amide bonds. The molecule has 197 valence electrons. The lowest BCUT2D eigenvalue weighted by atomic mass is 10.0. The molecule has 0 saturated carbocycles.